The third-order valence-electron chi connectivity index (χ3n) is 4.30. The molecule has 2 aromatic rings. The number of pyridine rings is 1. The molecule has 0 aliphatic carbocycles. The second kappa shape index (κ2) is 5.44. The minimum absolute atomic E-state index is 0.283. The van der Waals surface area contributed by atoms with Gasteiger partial charge in [0.25, 0.3) is 5.56 Å². The van der Waals surface area contributed by atoms with Gasteiger partial charge in [0.1, 0.15) is 5.69 Å². The zero-order chi connectivity index (χ0) is 16.8. The molecule has 0 saturated carbocycles. The first-order valence-electron chi connectivity index (χ1n) is 7.43. The van der Waals surface area contributed by atoms with E-state index in [1.165, 1.54) is 16.5 Å². The summed E-state index contributed by atoms with van der Waals surface area (Å²) < 4.78 is 41.4. The van der Waals surface area contributed by atoms with Crippen LogP contribution in [-0.2, 0) is 19.6 Å². The number of nitrogens with zero attached hydrogens (tertiary/aromatic N) is 2. The molecule has 1 aliphatic rings. The third kappa shape index (κ3) is 2.62. The van der Waals surface area contributed by atoms with Gasteiger partial charge >= 0.3 is 6.18 Å². The maximum Gasteiger partial charge on any atom is 0.418 e. The quantitative estimate of drug-likeness (QED) is 0.798. The molecular formula is C17H17F3N2O. The molecule has 3 nitrogen and oxygen atoms in total. The van der Waals surface area contributed by atoms with Crippen molar-refractivity contribution in [2.45, 2.75) is 25.9 Å². The molecule has 0 fully saturated rings. The van der Waals surface area contributed by atoms with Crippen molar-refractivity contribution >= 4 is 11.4 Å². The Labute approximate surface area is 132 Å². The van der Waals surface area contributed by atoms with Crippen LogP contribution in [0.4, 0.5) is 24.5 Å². The Bertz CT molecular complexity index is 808. The van der Waals surface area contributed by atoms with Crippen LogP contribution in [0.15, 0.2) is 35.3 Å². The minimum atomic E-state index is -4.57. The fraction of sp³-hybridized carbons (Fsp3) is 0.353. The minimum Gasteiger partial charge on any atom is -0.336 e. The summed E-state index contributed by atoms with van der Waals surface area (Å²) in [6, 6.07) is 6.51. The summed E-state index contributed by atoms with van der Waals surface area (Å²) in [7, 11) is 1.47. The van der Waals surface area contributed by atoms with Crippen LogP contribution in [0, 0.1) is 6.92 Å². The molecule has 0 amide bonds. The van der Waals surface area contributed by atoms with E-state index in [2.05, 4.69) is 0 Å². The Kier molecular flexibility index (Phi) is 3.70. The molecule has 0 atom stereocenters. The van der Waals surface area contributed by atoms with Gasteiger partial charge in [-0.15, -0.1) is 0 Å². The van der Waals surface area contributed by atoms with Gasteiger partial charge < -0.3 is 9.47 Å². The number of rotatable bonds is 1. The Morgan fingerprint density at radius 3 is 2.61 bits per heavy atom. The van der Waals surface area contributed by atoms with E-state index in [-0.39, 0.29) is 5.69 Å². The van der Waals surface area contributed by atoms with E-state index in [0.29, 0.717) is 18.7 Å². The largest absolute Gasteiger partial charge is 0.418 e. The Morgan fingerprint density at radius 1 is 1.17 bits per heavy atom. The number of halogens is 3. The summed E-state index contributed by atoms with van der Waals surface area (Å²) in [5, 5.41) is 0. The molecule has 23 heavy (non-hydrogen) atoms. The van der Waals surface area contributed by atoms with E-state index in [0.717, 1.165) is 29.8 Å². The Balaban J connectivity index is 2.27. The van der Waals surface area contributed by atoms with Gasteiger partial charge in [-0.1, -0.05) is 12.1 Å². The topological polar surface area (TPSA) is 25.2 Å². The highest BCUT2D eigenvalue weighted by Crippen LogP contribution is 2.40. The molecule has 1 aromatic carbocycles. The van der Waals surface area contributed by atoms with Gasteiger partial charge in [-0.25, -0.2) is 0 Å². The lowest BCUT2D eigenvalue weighted by Gasteiger charge is -2.33. The Morgan fingerprint density at radius 2 is 1.91 bits per heavy atom. The highest BCUT2D eigenvalue weighted by Gasteiger charge is 2.38. The second-order valence-electron chi connectivity index (χ2n) is 5.82. The summed E-state index contributed by atoms with van der Waals surface area (Å²) in [5.74, 6) is 0. The van der Waals surface area contributed by atoms with Gasteiger partial charge in [0, 0.05) is 25.5 Å². The first-order valence-corrected chi connectivity index (χ1v) is 7.43. The predicted molar refractivity (Wildman–Crippen MR) is 83.2 cm³/mol. The van der Waals surface area contributed by atoms with Crippen molar-refractivity contribution in [1.82, 2.24) is 4.57 Å². The molecule has 3 rings (SSSR count). The number of aryl methyl sites for hydroxylation is 2. The number of aromatic nitrogens is 1. The summed E-state index contributed by atoms with van der Waals surface area (Å²) >= 11 is 0. The van der Waals surface area contributed by atoms with Gasteiger partial charge in [-0.3, -0.25) is 4.79 Å². The lowest BCUT2D eigenvalue weighted by Crippen LogP contribution is -2.34. The molecular weight excluding hydrogens is 305 g/mol. The van der Waals surface area contributed by atoms with Gasteiger partial charge in [-0.2, -0.15) is 13.2 Å². The summed E-state index contributed by atoms with van der Waals surface area (Å²) in [6.45, 7) is 2.34. The van der Waals surface area contributed by atoms with Gasteiger partial charge in [0.15, 0.2) is 0 Å². The van der Waals surface area contributed by atoms with E-state index in [1.807, 2.05) is 19.1 Å². The summed E-state index contributed by atoms with van der Waals surface area (Å²) in [5.41, 5.74) is 0.953. The molecule has 0 bridgehead atoms. The standard InChI is InChI=1S/C17H17F3N2O/c1-11-5-3-7-14-12(11)6-4-9-22(14)15-13(17(18,19)20)8-10-21(2)16(15)23/h3,5,7-8,10H,4,6,9H2,1-2H3. The summed E-state index contributed by atoms with van der Waals surface area (Å²) in [6.07, 6.45) is -1.87. The zero-order valence-corrected chi connectivity index (χ0v) is 12.9. The summed E-state index contributed by atoms with van der Waals surface area (Å²) in [4.78, 5) is 14.0. The van der Waals surface area contributed by atoms with Crippen LogP contribution in [0.2, 0.25) is 0 Å². The van der Waals surface area contributed by atoms with Crippen LogP contribution >= 0.6 is 0 Å². The molecule has 0 saturated heterocycles. The molecule has 2 heterocycles. The predicted octanol–water partition coefficient (Wildman–Crippen LogP) is 3.80. The van der Waals surface area contributed by atoms with Crippen LogP contribution in [-0.4, -0.2) is 11.1 Å². The molecule has 1 aromatic heterocycles. The molecule has 6 heteroatoms. The molecule has 0 unspecified atom stereocenters. The lowest BCUT2D eigenvalue weighted by atomic mass is 9.96. The van der Waals surface area contributed by atoms with Crippen LogP contribution in [0.25, 0.3) is 0 Å². The number of hydrogen-bond acceptors (Lipinski definition) is 2. The fourth-order valence-electron chi connectivity index (χ4n) is 3.14. The van der Waals surface area contributed by atoms with Gasteiger partial charge in [0.05, 0.1) is 5.56 Å². The maximum atomic E-state index is 13.4. The average Bonchev–Trinajstić information content (AvgIpc) is 2.49. The van der Waals surface area contributed by atoms with Crippen molar-refractivity contribution in [3.8, 4) is 0 Å². The van der Waals surface area contributed by atoms with Crippen molar-refractivity contribution in [3.63, 3.8) is 0 Å². The van der Waals surface area contributed by atoms with E-state index in [4.69, 9.17) is 0 Å². The average molecular weight is 322 g/mol. The van der Waals surface area contributed by atoms with Crippen LogP contribution in [0.3, 0.4) is 0 Å². The fourth-order valence-corrected chi connectivity index (χ4v) is 3.14. The van der Waals surface area contributed by atoms with Crippen molar-refractivity contribution in [2.75, 3.05) is 11.4 Å². The smallest absolute Gasteiger partial charge is 0.336 e. The van der Waals surface area contributed by atoms with Crippen molar-refractivity contribution in [2.24, 2.45) is 7.05 Å². The van der Waals surface area contributed by atoms with Crippen LogP contribution < -0.4 is 10.5 Å². The monoisotopic (exact) mass is 322 g/mol. The van der Waals surface area contributed by atoms with Crippen LogP contribution in [0.1, 0.15) is 23.1 Å². The van der Waals surface area contributed by atoms with Crippen molar-refractivity contribution < 1.29 is 13.2 Å². The van der Waals surface area contributed by atoms with E-state index < -0.39 is 17.3 Å². The number of hydrogen-bond donors (Lipinski definition) is 0. The first-order chi connectivity index (χ1) is 10.8. The number of alkyl halides is 3. The third-order valence-corrected chi connectivity index (χ3v) is 4.30. The lowest BCUT2D eigenvalue weighted by molar-refractivity contribution is -0.137. The van der Waals surface area contributed by atoms with Crippen LogP contribution in [0.5, 0.6) is 0 Å². The second-order valence-corrected chi connectivity index (χ2v) is 5.82. The van der Waals surface area contributed by atoms with Crippen molar-refractivity contribution in [3.05, 3.63) is 57.5 Å². The molecule has 1 aliphatic heterocycles. The van der Waals surface area contributed by atoms with Gasteiger partial charge in [0.2, 0.25) is 0 Å². The maximum absolute atomic E-state index is 13.4. The number of benzene rings is 1. The van der Waals surface area contributed by atoms with E-state index in [9.17, 15) is 18.0 Å². The number of anilines is 2. The zero-order valence-electron chi connectivity index (χ0n) is 12.9. The van der Waals surface area contributed by atoms with E-state index >= 15 is 0 Å². The molecule has 0 N–H and O–H groups in total. The van der Waals surface area contributed by atoms with E-state index in [1.54, 1.807) is 6.07 Å². The van der Waals surface area contributed by atoms with Crippen molar-refractivity contribution in [1.29, 1.82) is 0 Å². The Hall–Kier alpha value is -2.24. The highest BCUT2D eigenvalue weighted by atomic mass is 19.4. The molecule has 0 spiro atoms. The molecule has 0 radical (unpaired) electrons. The molecule has 122 valence electrons. The highest BCUT2D eigenvalue weighted by molar-refractivity contribution is 5.71. The SMILES string of the molecule is Cc1cccc2c1CCCN2c1c(C(F)(F)F)ccn(C)c1=O. The normalized spacial score (nSPS) is 14.7. The number of fused-ring (bicyclic) bond motifs is 1. The van der Waals surface area contributed by atoms with Gasteiger partial charge in [-0.05, 0) is 43.0 Å². The first kappa shape index (κ1) is 15.6.